The zero-order chi connectivity index (χ0) is 17.8. The molecule has 1 N–H and O–H groups in total. The van der Waals surface area contributed by atoms with Crippen molar-refractivity contribution in [3.05, 3.63) is 75.3 Å². The molecule has 0 amide bonds. The van der Waals surface area contributed by atoms with Gasteiger partial charge < -0.3 is 4.74 Å². The fourth-order valence-corrected chi connectivity index (χ4v) is 2.77. The highest BCUT2D eigenvalue weighted by atomic mass is 32.1. The van der Waals surface area contributed by atoms with Crippen LogP contribution in [0.1, 0.15) is 28.1 Å². The lowest BCUT2D eigenvalue weighted by molar-refractivity contribution is 0.290. The minimum atomic E-state index is 0.279. The Balaban J connectivity index is 1.78. The molecule has 0 fully saturated rings. The molecule has 6 heteroatoms. The maximum absolute atomic E-state index is 5.86. The standard InChI is InChI=1S/C19H20N4OS/c1-13-5-4-6-16(8-13)11-20-23-18(21-22-19(23)25)12-24-17-9-14(2)7-15(3)10-17/h4-11H,12H2,1-3H3,(H,22,25)/b20-11-. The Morgan fingerprint density at radius 2 is 1.88 bits per heavy atom. The minimum Gasteiger partial charge on any atom is -0.486 e. The normalized spacial score (nSPS) is 11.2. The number of hydrogen-bond acceptors (Lipinski definition) is 4. The van der Waals surface area contributed by atoms with Crippen molar-refractivity contribution in [3.8, 4) is 5.75 Å². The number of hydrogen-bond donors (Lipinski definition) is 1. The number of aromatic nitrogens is 3. The molecule has 1 aromatic heterocycles. The molecule has 0 aliphatic carbocycles. The Morgan fingerprint density at radius 1 is 1.12 bits per heavy atom. The molecule has 0 spiro atoms. The molecule has 0 aliphatic heterocycles. The second-order valence-electron chi connectivity index (χ2n) is 6.03. The third-order valence-corrected chi connectivity index (χ3v) is 3.91. The van der Waals surface area contributed by atoms with Gasteiger partial charge in [-0.15, -0.1) is 0 Å². The van der Waals surface area contributed by atoms with Crippen molar-refractivity contribution in [1.29, 1.82) is 0 Å². The highest BCUT2D eigenvalue weighted by Gasteiger charge is 2.07. The van der Waals surface area contributed by atoms with Gasteiger partial charge in [-0.25, -0.2) is 5.10 Å². The number of nitrogens with zero attached hydrogens (tertiary/aromatic N) is 3. The summed E-state index contributed by atoms with van der Waals surface area (Å²) in [5.74, 6) is 1.42. The zero-order valence-corrected chi connectivity index (χ0v) is 15.3. The summed E-state index contributed by atoms with van der Waals surface area (Å²) in [7, 11) is 0. The van der Waals surface area contributed by atoms with Crippen LogP contribution < -0.4 is 4.74 Å². The van der Waals surface area contributed by atoms with E-state index in [0.717, 1.165) is 22.4 Å². The van der Waals surface area contributed by atoms with Crippen molar-refractivity contribution >= 4 is 18.4 Å². The van der Waals surface area contributed by atoms with E-state index in [2.05, 4.69) is 27.4 Å². The first-order chi connectivity index (χ1) is 12.0. The van der Waals surface area contributed by atoms with Crippen LogP contribution in [0.4, 0.5) is 0 Å². The number of H-pyrrole nitrogens is 1. The van der Waals surface area contributed by atoms with Gasteiger partial charge in [0, 0.05) is 0 Å². The summed E-state index contributed by atoms with van der Waals surface area (Å²) in [4.78, 5) is 0. The fourth-order valence-electron chi connectivity index (χ4n) is 2.58. The number of ether oxygens (including phenoxy) is 1. The van der Waals surface area contributed by atoms with Crippen LogP contribution >= 0.6 is 12.2 Å². The number of rotatable bonds is 5. The molecule has 0 saturated heterocycles. The average Bonchev–Trinajstić information content (AvgIpc) is 2.90. The van der Waals surface area contributed by atoms with Crippen LogP contribution in [0.2, 0.25) is 0 Å². The Kier molecular flexibility index (Phi) is 5.09. The Labute approximate surface area is 152 Å². The SMILES string of the molecule is Cc1cccc(/C=N\n2c(COc3cc(C)cc(C)c3)n[nH]c2=S)c1. The lowest BCUT2D eigenvalue weighted by Crippen LogP contribution is -2.04. The molecule has 0 saturated carbocycles. The molecule has 3 rings (SSSR count). The van der Waals surface area contributed by atoms with E-state index >= 15 is 0 Å². The van der Waals surface area contributed by atoms with Gasteiger partial charge in [-0.1, -0.05) is 35.9 Å². The first-order valence-corrected chi connectivity index (χ1v) is 8.40. The Bertz CT molecular complexity index is 951. The number of benzene rings is 2. The molecule has 5 nitrogen and oxygen atoms in total. The van der Waals surface area contributed by atoms with Gasteiger partial charge in [0.25, 0.3) is 0 Å². The summed E-state index contributed by atoms with van der Waals surface area (Å²) < 4.78 is 7.87. The largest absolute Gasteiger partial charge is 0.486 e. The van der Waals surface area contributed by atoms with Gasteiger partial charge in [0.1, 0.15) is 12.4 Å². The summed E-state index contributed by atoms with van der Waals surface area (Å²) in [6.07, 6.45) is 1.76. The van der Waals surface area contributed by atoms with Gasteiger partial charge in [-0.3, -0.25) is 0 Å². The van der Waals surface area contributed by atoms with E-state index in [9.17, 15) is 0 Å². The van der Waals surface area contributed by atoms with E-state index < -0.39 is 0 Å². The second-order valence-corrected chi connectivity index (χ2v) is 6.41. The fraction of sp³-hybridized carbons (Fsp3) is 0.211. The Morgan fingerprint density at radius 3 is 2.60 bits per heavy atom. The molecule has 2 aromatic carbocycles. The van der Waals surface area contributed by atoms with Crippen LogP contribution in [0.15, 0.2) is 47.6 Å². The number of aromatic amines is 1. The maximum atomic E-state index is 5.86. The first kappa shape index (κ1) is 17.1. The van der Waals surface area contributed by atoms with Crippen LogP contribution in [-0.4, -0.2) is 21.1 Å². The monoisotopic (exact) mass is 352 g/mol. The Hall–Kier alpha value is -2.73. The van der Waals surface area contributed by atoms with Crippen LogP contribution in [-0.2, 0) is 6.61 Å². The zero-order valence-electron chi connectivity index (χ0n) is 14.5. The summed E-state index contributed by atoms with van der Waals surface area (Å²) in [6.45, 7) is 6.41. The highest BCUT2D eigenvalue weighted by Crippen LogP contribution is 2.17. The van der Waals surface area contributed by atoms with Crippen molar-refractivity contribution in [1.82, 2.24) is 14.9 Å². The molecule has 128 valence electrons. The molecule has 1 heterocycles. The third kappa shape index (κ3) is 4.42. The van der Waals surface area contributed by atoms with E-state index in [1.165, 1.54) is 5.56 Å². The van der Waals surface area contributed by atoms with E-state index in [-0.39, 0.29) is 6.61 Å². The van der Waals surface area contributed by atoms with Crippen molar-refractivity contribution in [3.63, 3.8) is 0 Å². The number of nitrogens with one attached hydrogen (secondary N) is 1. The molecular weight excluding hydrogens is 332 g/mol. The molecule has 0 atom stereocenters. The average molecular weight is 352 g/mol. The quantitative estimate of drug-likeness (QED) is 0.549. The van der Waals surface area contributed by atoms with E-state index in [1.54, 1.807) is 10.9 Å². The van der Waals surface area contributed by atoms with Crippen molar-refractivity contribution in [2.24, 2.45) is 5.10 Å². The molecule has 0 bridgehead atoms. The number of aryl methyl sites for hydroxylation is 3. The van der Waals surface area contributed by atoms with Crippen molar-refractivity contribution in [2.45, 2.75) is 27.4 Å². The van der Waals surface area contributed by atoms with Crippen molar-refractivity contribution in [2.75, 3.05) is 0 Å². The van der Waals surface area contributed by atoms with E-state index in [0.29, 0.717) is 10.6 Å². The maximum Gasteiger partial charge on any atom is 0.216 e. The van der Waals surface area contributed by atoms with Gasteiger partial charge >= 0.3 is 0 Å². The highest BCUT2D eigenvalue weighted by molar-refractivity contribution is 7.71. The first-order valence-electron chi connectivity index (χ1n) is 8.00. The summed E-state index contributed by atoms with van der Waals surface area (Å²) in [5, 5.41) is 11.4. The third-order valence-electron chi connectivity index (χ3n) is 3.65. The second kappa shape index (κ2) is 7.44. The predicted molar refractivity (Wildman–Crippen MR) is 102 cm³/mol. The predicted octanol–water partition coefficient (Wildman–Crippen LogP) is 4.33. The molecule has 0 radical (unpaired) electrons. The van der Waals surface area contributed by atoms with Gasteiger partial charge in [0.05, 0.1) is 6.21 Å². The van der Waals surface area contributed by atoms with E-state index in [4.69, 9.17) is 17.0 Å². The van der Waals surface area contributed by atoms with Gasteiger partial charge in [-0.05, 0) is 61.8 Å². The van der Waals surface area contributed by atoms with Gasteiger partial charge in [0.15, 0.2) is 5.82 Å². The van der Waals surface area contributed by atoms with Crippen LogP contribution in [0.3, 0.4) is 0 Å². The van der Waals surface area contributed by atoms with Gasteiger partial charge in [-0.2, -0.15) is 14.9 Å². The molecule has 3 aromatic rings. The van der Waals surface area contributed by atoms with Gasteiger partial charge in [0.2, 0.25) is 4.77 Å². The lowest BCUT2D eigenvalue weighted by Gasteiger charge is -2.07. The molecular formula is C19H20N4OS. The minimum absolute atomic E-state index is 0.279. The molecule has 0 unspecified atom stereocenters. The topological polar surface area (TPSA) is 55.2 Å². The summed E-state index contributed by atoms with van der Waals surface area (Å²) in [6, 6.07) is 14.2. The van der Waals surface area contributed by atoms with Crippen molar-refractivity contribution < 1.29 is 4.74 Å². The van der Waals surface area contributed by atoms with Crippen LogP contribution in [0.5, 0.6) is 5.75 Å². The molecule has 25 heavy (non-hydrogen) atoms. The van der Waals surface area contributed by atoms with E-state index in [1.807, 2.05) is 51.1 Å². The van der Waals surface area contributed by atoms with Crippen LogP contribution in [0.25, 0.3) is 0 Å². The summed E-state index contributed by atoms with van der Waals surface area (Å²) in [5.41, 5.74) is 4.50. The van der Waals surface area contributed by atoms with Crippen LogP contribution in [0, 0.1) is 25.5 Å². The lowest BCUT2D eigenvalue weighted by atomic mass is 10.1. The smallest absolute Gasteiger partial charge is 0.216 e. The molecule has 0 aliphatic rings. The summed E-state index contributed by atoms with van der Waals surface area (Å²) >= 11 is 5.26.